The van der Waals surface area contributed by atoms with Crippen molar-refractivity contribution < 1.29 is 9.90 Å². The fourth-order valence-electron chi connectivity index (χ4n) is 5.90. The predicted molar refractivity (Wildman–Crippen MR) is 103 cm³/mol. The van der Waals surface area contributed by atoms with Crippen LogP contribution < -0.4 is 5.32 Å². The van der Waals surface area contributed by atoms with Crippen molar-refractivity contribution in [3.8, 4) is 0 Å². The Balaban J connectivity index is 1.61. The van der Waals surface area contributed by atoms with Gasteiger partial charge in [0.2, 0.25) is 0 Å². The van der Waals surface area contributed by atoms with Crippen molar-refractivity contribution in [1.82, 2.24) is 0 Å². The molecule has 1 aliphatic heterocycles. The molecule has 0 aromatic heterocycles. The molecule has 134 valence electrons. The topological polar surface area (TPSA) is 49.3 Å². The number of aromatic carboxylic acids is 1. The van der Waals surface area contributed by atoms with E-state index < -0.39 is 5.97 Å². The minimum Gasteiger partial charge on any atom is -0.478 e. The first-order valence-corrected chi connectivity index (χ1v) is 9.80. The lowest BCUT2D eigenvalue weighted by Crippen LogP contribution is -2.35. The van der Waals surface area contributed by atoms with Gasteiger partial charge in [0.15, 0.2) is 0 Å². The number of carbonyl (C=O) groups is 1. The van der Waals surface area contributed by atoms with Crippen LogP contribution in [-0.4, -0.2) is 11.1 Å². The SMILES string of the molecule is Cc1cc(Cl)cc2c1N[C@H](c1ccc(C(=O)O)cc1)[C@H]1[C@H]3CC[C@@H](C3)[C@H]21. The number of carboxylic acid groups (broad SMARTS) is 1. The maximum atomic E-state index is 11.2. The van der Waals surface area contributed by atoms with Crippen LogP contribution >= 0.6 is 11.6 Å². The molecule has 2 aliphatic carbocycles. The van der Waals surface area contributed by atoms with E-state index in [1.807, 2.05) is 18.2 Å². The molecule has 0 radical (unpaired) electrons. The van der Waals surface area contributed by atoms with E-state index >= 15 is 0 Å². The van der Waals surface area contributed by atoms with Crippen molar-refractivity contribution in [3.63, 3.8) is 0 Å². The van der Waals surface area contributed by atoms with Gasteiger partial charge < -0.3 is 10.4 Å². The number of anilines is 1. The molecule has 5 rings (SSSR count). The van der Waals surface area contributed by atoms with Crippen LogP contribution in [-0.2, 0) is 0 Å². The van der Waals surface area contributed by atoms with Crippen LogP contribution in [0.5, 0.6) is 0 Å². The molecule has 26 heavy (non-hydrogen) atoms. The highest BCUT2D eigenvalue weighted by molar-refractivity contribution is 6.30. The summed E-state index contributed by atoms with van der Waals surface area (Å²) in [4.78, 5) is 11.2. The second kappa shape index (κ2) is 5.75. The van der Waals surface area contributed by atoms with E-state index in [2.05, 4.69) is 18.3 Å². The molecule has 2 fully saturated rings. The molecule has 2 aromatic rings. The first-order chi connectivity index (χ1) is 12.5. The number of benzene rings is 2. The van der Waals surface area contributed by atoms with Gasteiger partial charge in [-0.05, 0) is 90.8 Å². The van der Waals surface area contributed by atoms with Crippen molar-refractivity contribution in [2.75, 3.05) is 5.32 Å². The molecule has 0 spiro atoms. The fourth-order valence-corrected chi connectivity index (χ4v) is 6.18. The summed E-state index contributed by atoms with van der Waals surface area (Å²) in [5.74, 6) is 1.75. The van der Waals surface area contributed by atoms with E-state index in [1.54, 1.807) is 12.1 Å². The van der Waals surface area contributed by atoms with E-state index in [4.69, 9.17) is 11.6 Å². The van der Waals surface area contributed by atoms with Gasteiger partial charge in [-0.15, -0.1) is 0 Å². The average molecular weight is 368 g/mol. The summed E-state index contributed by atoms with van der Waals surface area (Å²) in [7, 11) is 0. The highest BCUT2D eigenvalue weighted by Gasteiger charge is 2.54. The van der Waals surface area contributed by atoms with Crippen molar-refractivity contribution >= 4 is 23.3 Å². The Morgan fingerprint density at radius 3 is 2.62 bits per heavy atom. The second-order valence-electron chi connectivity index (χ2n) is 8.17. The molecular formula is C22H22ClNO2. The van der Waals surface area contributed by atoms with Gasteiger partial charge in [0.25, 0.3) is 0 Å². The maximum Gasteiger partial charge on any atom is 0.335 e. The van der Waals surface area contributed by atoms with Crippen LogP contribution in [0.25, 0.3) is 0 Å². The predicted octanol–water partition coefficient (Wildman–Crippen LogP) is 5.64. The Kier molecular flexibility index (Phi) is 3.58. The molecule has 0 amide bonds. The van der Waals surface area contributed by atoms with E-state index in [1.165, 1.54) is 41.6 Å². The number of halogens is 1. The van der Waals surface area contributed by atoms with Crippen LogP contribution in [0.1, 0.15) is 58.3 Å². The molecule has 4 heteroatoms. The molecule has 0 unspecified atom stereocenters. The number of carboxylic acids is 1. The Morgan fingerprint density at radius 1 is 1.15 bits per heavy atom. The molecular weight excluding hydrogens is 346 g/mol. The molecule has 2 saturated carbocycles. The summed E-state index contributed by atoms with van der Waals surface area (Å²) in [6.45, 7) is 2.12. The van der Waals surface area contributed by atoms with E-state index in [9.17, 15) is 9.90 Å². The quantitative estimate of drug-likeness (QED) is 0.721. The molecule has 3 nitrogen and oxygen atoms in total. The Morgan fingerprint density at radius 2 is 1.88 bits per heavy atom. The van der Waals surface area contributed by atoms with Crippen LogP contribution in [0.2, 0.25) is 5.02 Å². The molecule has 2 aromatic carbocycles. The maximum absolute atomic E-state index is 11.2. The van der Waals surface area contributed by atoms with Crippen molar-refractivity contribution in [2.45, 2.75) is 38.1 Å². The monoisotopic (exact) mass is 367 g/mol. The van der Waals surface area contributed by atoms with Gasteiger partial charge in [0.05, 0.1) is 11.6 Å². The molecule has 0 saturated heterocycles. The summed E-state index contributed by atoms with van der Waals surface area (Å²) in [6, 6.07) is 11.9. The van der Waals surface area contributed by atoms with Crippen LogP contribution in [0.15, 0.2) is 36.4 Å². The molecule has 3 aliphatic rings. The number of hydrogen-bond acceptors (Lipinski definition) is 2. The van der Waals surface area contributed by atoms with Gasteiger partial charge in [-0.3, -0.25) is 0 Å². The van der Waals surface area contributed by atoms with Gasteiger partial charge in [0, 0.05) is 10.7 Å². The summed E-state index contributed by atoms with van der Waals surface area (Å²) < 4.78 is 0. The zero-order chi connectivity index (χ0) is 18.0. The van der Waals surface area contributed by atoms with Gasteiger partial charge in [-0.2, -0.15) is 0 Å². The van der Waals surface area contributed by atoms with Crippen LogP contribution in [0.3, 0.4) is 0 Å². The number of fused-ring (bicyclic) bond motifs is 7. The largest absolute Gasteiger partial charge is 0.478 e. The van der Waals surface area contributed by atoms with Crippen LogP contribution in [0, 0.1) is 24.7 Å². The summed E-state index contributed by atoms with van der Waals surface area (Å²) >= 11 is 6.39. The van der Waals surface area contributed by atoms with E-state index in [0.29, 0.717) is 17.4 Å². The van der Waals surface area contributed by atoms with Gasteiger partial charge in [0.1, 0.15) is 0 Å². The number of rotatable bonds is 2. The normalized spacial score (nSPS) is 31.2. The zero-order valence-corrected chi connectivity index (χ0v) is 15.5. The number of aryl methyl sites for hydroxylation is 1. The highest BCUT2D eigenvalue weighted by Crippen LogP contribution is 2.64. The molecule has 5 atom stereocenters. The third-order valence-corrected chi connectivity index (χ3v) is 7.09. The lowest BCUT2D eigenvalue weighted by atomic mass is 9.67. The van der Waals surface area contributed by atoms with E-state index in [0.717, 1.165) is 16.9 Å². The summed E-state index contributed by atoms with van der Waals surface area (Å²) in [5.41, 5.74) is 5.36. The fraction of sp³-hybridized carbons (Fsp3) is 0.409. The summed E-state index contributed by atoms with van der Waals surface area (Å²) in [6.07, 6.45) is 3.94. The Hall–Kier alpha value is -2.00. The zero-order valence-electron chi connectivity index (χ0n) is 14.7. The van der Waals surface area contributed by atoms with Crippen LogP contribution in [0.4, 0.5) is 5.69 Å². The van der Waals surface area contributed by atoms with E-state index in [-0.39, 0.29) is 6.04 Å². The lowest BCUT2D eigenvalue weighted by molar-refractivity contribution is 0.0697. The average Bonchev–Trinajstić information content (AvgIpc) is 3.23. The highest BCUT2D eigenvalue weighted by atomic mass is 35.5. The number of nitrogens with one attached hydrogen (secondary N) is 1. The van der Waals surface area contributed by atoms with Gasteiger partial charge in [-0.1, -0.05) is 23.7 Å². The summed E-state index contributed by atoms with van der Waals surface area (Å²) in [5, 5.41) is 13.8. The standard InChI is InChI=1S/C22H22ClNO2/c1-11-8-16(23)10-17-18-14-6-7-15(9-14)19(18)21(24-20(11)17)12-2-4-13(5-3-12)22(25)26/h2-5,8,10,14-15,18-19,21,24H,6-7,9H2,1H3,(H,25,26)/t14-,15-,18+,19-,21+/m0/s1. The lowest BCUT2D eigenvalue weighted by Gasteiger charge is -2.44. The van der Waals surface area contributed by atoms with Gasteiger partial charge >= 0.3 is 5.97 Å². The molecule has 2 N–H and O–H groups in total. The minimum absolute atomic E-state index is 0.241. The molecule has 1 heterocycles. The second-order valence-corrected chi connectivity index (χ2v) is 8.61. The Labute approximate surface area is 158 Å². The third kappa shape index (κ3) is 2.30. The third-order valence-electron chi connectivity index (χ3n) is 6.87. The Bertz CT molecular complexity index is 892. The molecule has 2 bridgehead atoms. The first kappa shape index (κ1) is 16.2. The minimum atomic E-state index is -0.873. The van der Waals surface area contributed by atoms with Crippen molar-refractivity contribution in [1.29, 1.82) is 0 Å². The van der Waals surface area contributed by atoms with Crippen molar-refractivity contribution in [3.05, 3.63) is 63.7 Å². The van der Waals surface area contributed by atoms with Gasteiger partial charge in [-0.25, -0.2) is 4.79 Å². The van der Waals surface area contributed by atoms with Crippen molar-refractivity contribution in [2.24, 2.45) is 17.8 Å². The number of hydrogen-bond donors (Lipinski definition) is 2. The first-order valence-electron chi connectivity index (χ1n) is 9.43. The smallest absolute Gasteiger partial charge is 0.335 e.